The maximum absolute atomic E-state index is 14.8. The third kappa shape index (κ3) is 11.6. The molecule has 0 bridgehead atoms. The van der Waals surface area contributed by atoms with E-state index in [9.17, 15) is 26.7 Å². The van der Waals surface area contributed by atoms with Crippen LogP contribution in [0, 0.1) is 12.3 Å². The number of anilines is 2. The second kappa shape index (κ2) is 15.7. The average Bonchev–Trinajstić information content (AvgIpc) is 3.04. The van der Waals surface area contributed by atoms with Gasteiger partial charge in [0.2, 0.25) is 0 Å². The van der Waals surface area contributed by atoms with Crippen LogP contribution in [0.15, 0.2) is 103 Å². The summed E-state index contributed by atoms with van der Waals surface area (Å²) in [6.07, 6.45) is -5.46. The first kappa shape index (κ1) is 35.8. The van der Waals surface area contributed by atoms with Crippen molar-refractivity contribution in [3.05, 3.63) is 132 Å². The number of carbonyl (C=O) groups excluding carboxylic acids is 1. The third-order valence-electron chi connectivity index (χ3n) is 7.24. The van der Waals surface area contributed by atoms with Crippen molar-refractivity contribution in [1.29, 1.82) is 0 Å². The summed E-state index contributed by atoms with van der Waals surface area (Å²) < 4.78 is 82.0. The molecule has 0 atom stereocenters. The number of hydrogen-bond donors (Lipinski definition) is 2. The minimum atomic E-state index is -4.29. The number of carbonyl (C=O) groups is 1. The van der Waals surface area contributed by atoms with Gasteiger partial charge in [0.25, 0.3) is 0 Å². The number of ether oxygens (including phenoxy) is 3. The summed E-state index contributed by atoms with van der Waals surface area (Å²) in [5.74, 6) is -0.562. The molecule has 253 valence electrons. The number of hydrogen-bond acceptors (Lipinski definition) is 6. The van der Waals surface area contributed by atoms with Gasteiger partial charge in [-0.1, -0.05) is 36.4 Å². The van der Waals surface area contributed by atoms with Gasteiger partial charge < -0.3 is 25.7 Å². The van der Waals surface area contributed by atoms with Crippen LogP contribution in [0.4, 0.5) is 33.3 Å². The molecule has 0 fully saturated rings. The Balaban J connectivity index is 1.31. The van der Waals surface area contributed by atoms with E-state index in [1.165, 1.54) is 48.6 Å². The van der Waals surface area contributed by atoms with Gasteiger partial charge in [-0.3, -0.25) is 0 Å². The van der Waals surface area contributed by atoms with Gasteiger partial charge in [0.05, 0.1) is 18.8 Å². The first-order valence-corrected chi connectivity index (χ1v) is 15.0. The van der Waals surface area contributed by atoms with E-state index in [2.05, 4.69) is 6.92 Å². The van der Waals surface area contributed by atoms with E-state index in [1.807, 2.05) is 24.3 Å². The lowest BCUT2D eigenvalue weighted by molar-refractivity contribution is -0.185. The Hall–Kier alpha value is -5.06. The van der Waals surface area contributed by atoms with Crippen LogP contribution in [0.2, 0.25) is 0 Å². The van der Waals surface area contributed by atoms with Crippen molar-refractivity contribution < 1.29 is 41.0 Å². The molecule has 0 aliphatic rings. The number of esters is 1. The van der Waals surface area contributed by atoms with Crippen LogP contribution >= 0.6 is 0 Å². The van der Waals surface area contributed by atoms with Crippen molar-refractivity contribution in [2.24, 2.45) is 5.41 Å². The third-order valence-corrected chi connectivity index (χ3v) is 7.24. The molecule has 0 aliphatic carbocycles. The number of rotatable bonds is 15. The molecule has 0 saturated heterocycles. The van der Waals surface area contributed by atoms with Gasteiger partial charge in [-0.2, -0.15) is 22.0 Å². The van der Waals surface area contributed by atoms with Gasteiger partial charge in [-0.15, -0.1) is 0 Å². The van der Waals surface area contributed by atoms with Gasteiger partial charge in [-0.25, -0.2) is 4.79 Å². The fourth-order valence-electron chi connectivity index (χ4n) is 4.80. The summed E-state index contributed by atoms with van der Waals surface area (Å²) in [5, 5.41) is 0. The van der Waals surface area contributed by atoms with E-state index in [0.717, 1.165) is 23.3 Å². The fraction of sp³-hybridized carbons (Fsp3) is 0.243. The molecule has 6 nitrogen and oxygen atoms in total. The summed E-state index contributed by atoms with van der Waals surface area (Å²) >= 11 is 0. The maximum Gasteiger partial charge on any atom is 0.426 e. The molecular formula is C37H36F5N2O4. The molecule has 0 spiro atoms. The first-order chi connectivity index (χ1) is 22.7. The van der Waals surface area contributed by atoms with E-state index >= 15 is 0 Å². The number of benzene rings is 4. The van der Waals surface area contributed by atoms with Crippen LogP contribution in [0.1, 0.15) is 35.1 Å². The van der Waals surface area contributed by atoms with Crippen molar-refractivity contribution in [2.45, 2.75) is 38.0 Å². The molecule has 4 aromatic rings. The zero-order valence-electron chi connectivity index (χ0n) is 26.0. The highest BCUT2D eigenvalue weighted by molar-refractivity contribution is 5.87. The van der Waals surface area contributed by atoms with Crippen LogP contribution in [0.25, 0.3) is 6.08 Å². The SMILES string of the molecule is [CH2]C(COC(=O)/C=C/c1ccc(OC(F)(F)c2ccc(OCCCC(F)(F)F)cc2)cc1)(Cc1ccc(N)cc1)Cc1ccc(N)cc1. The number of alkyl halides is 5. The zero-order chi connectivity index (χ0) is 34.8. The molecule has 0 unspecified atom stereocenters. The molecule has 0 aliphatic heterocycles. The normalized spacial score (nSPS) is 12.2. The lowest BCUT2D eigenvalue weighted by Gasteiger charge is -2.29. The number of nitrogens with two attached hydrogens (primary N) is 2. The Morgan fingerprint density at radius 2 is 1.25 bits per heavy atom. The van der Waals surface area contributed by atoms with Crippen molar-refractivity contribution >= 4 is 23.4 Å². The van der Waals surface area contributed by atoms with Gasteiger partial charge in [-0.05, 0) is 110 Å². The summed E-state index contributed by atoms with van der Waals surface area (Å²) in [6.45, 7) is 4.23. The summed E-state index contributed by atoms with van der Waals surface area (Å²) in [4.78, 5) is 12.7. The minimum absolute atomic E-state index is 0.0257. The predicted molar refractivity (Wildman–Crippen MR) is 175 cm³/mol. The molecule has 4 rings (SSSR count). The zero-order valence-corrected chi connectivity index (χ0v) is 26.0. The molecule has 0 amide bonds. The van der Waals surface area contributed by atoms with E-state index in [1.54, 1.807) is 24.3 Å². The summed E-state index contributed by atoms with van der Waals surface area (Å²) in [5.41, 5.74) is 14.3. The van der Waals surface area contributed by atoms with Gasteiger partial charge >= 0.3 is 18.3 Å². The monoisotopic (exact) mass is 667 g/mol. The van der Waals surface area contributed by atoms with Crippen molar-refractivity contribution in [1.82, 2.24) is 0 Å². The van der Waals surface area contributed by atoms with E-state index in [-0.39, 0.29) is 31.1 Å². The Bertz CT molecular complexity index is 1590. The minimum Gasteiger partial charge on any atom is -0.494 e. The van der Waals surface area contributed by atoms with Crippen molar-refractivity contribution in [3.8, 4) is 11.5 Å². The van der Waals surface area contributed by atoms with Crippen LogP contribution in [-0.4, -0.2) is 25.4 Å². The molecule has 4 N–H and O–H groups in total. The first-order valence-electron chi connectivity index (χ1n) is 15.0. The highest BCUT2D eigenvalue weighted by Crippen LogP contribution is 2.33. The summed E-state index contributed by atoms with van der Waals surface area (Å²) in [7, 11) is 0. The molecule has 11 heteroatoms. The Kier molecular flexibility index (Phi) is 11.7. The highest BCUT2D eigenvalue weighted by atomic mass is 19.4. The largest absolute Gasteiger partial charge is 0.494 e. The highest BCUT2D eigenvalue weighted by Gasteiger charge is 2.34. The lowest BCUT2D eigenvalue weighted by atomic mass is 9.79. The molecule has 0 aromatic heterocycles. The average molecular weight is 668 g/mol. The topological polar surface area (TPSA) is 96.8 Å². The van der Waals surface area contributed by atoms with Crippen LogP contribution in [0.5, 0.6) is 11.5 Å². The molecule has 0 saturated carbocycles. The summed E-state index contributed by atoms with van der Waals surface area (Å²) in [6, 6.07) is 25.1. The predicted octanol–water partition coefficient (Wildman–Crippen LogP) is 8.56. The smallest absolute Gasteiger partial charge is 0.426 e. The lowest BCUT2D eigenvalue weighted by Crippen LogP contribution is -2.30. The molecule has 48 heavy (non-hydrogen) atoms. The van der Waals surface area contributed by atoms with E-state index in [4.69, 9.17) is 25.7 Å². The molecule has 4 aromatic carbocycles. The van der Waals surface area contributed by atoms with Crippen LogP contribution < -0.4 is 20.9 Å². The number of nitrogen functional groups attached to an aromatic ring is 2. The van der Waals surface area contributed by atoms with Gasteiger partial charge in [0.15, 0.2) is 0 Å². The second-order valence-corrected chi connectivity index (χ2v) is 11.6. The second-order valence-electron chi connectivity index (χ2n) is 11.6. The quantitative estimate of drug-likeness (QED) is 0.0434. The van der Waals surface area contributed by atoms with Gasteiger partial charge in [0, 0.05) is 29.3 Å². The van der Waals surface area contributed by atoms with E-state index < -0.39 is 35.7 Å². The van der Waals surface area contributed by atoms with Crippen molar-refractivity contribution in [3.63, 3.8) is 0 Å². The molecule has 1 radical (unpaired) electrons. The van der Waals surface area contributed by atoms with Gasteiger partial charge in [0.1, 0.15) is 11.5 Å². The molecular weight excluding hydrogens is 631 g/mol. The standard InChI is InChI=1S/C37H36F5N2O4/c1-35(23-27-3-12-30(43)13-4-27,24-28-5-14-31(44)15-6-28)25-47-34(45)20-9-26-7-16-33(17-8-26)48-37(41,42)29-10-18-32(19-11-29)46-22-2-21-36(38,39)40/h3-20H,1-2,21-25,43-44H2/b20-9+. The molecule has 0 heterocycles. The maximum atomic E-state index is 14.8. The van der Waals surface area contributed by atoms with Crippen molar-refractivity contribution in [2.75, 3.05) is 24.7 Å². The Labute approximate surface area is 276 Å². The van der Waals surface area contributed by atoms with Crippen LogP contribution in [-0.2, 0) is 28.5 Å². The number of halogens is 5. The Morgan fingerprint density at radius 3 is 1.77 bits per heavy atom. The van der Waals surface area contributed by atoms with E-state index in [0.29, 0.717) is 29.8 Å². The fourth-order valence-corrected chi connectivity index (χ4v) is 4.80. The van der Waals surface area contributed by atoms with Crippen LogP contribution in [0.3, 0.4) is 0 Å². The Morgan fingerprint density at radius 1 is 0.729 bits per heavy atom.